The number of hydrazine groups is 1. The second kappa shape index (κ2) is 4.02. The molecule has 0 saturated heterocycles. The van der Waals surface area contributed by atoms with Gasteiger partial charge >= 0.3 is 0 Å². The Hall–Kier alpha value is -0.390. The standard InChI is InChI=1S/C7H15N3OS/c1-11-7(3-2-4-7)5-9-6(12)10-8/h2-5,8H2,1H3,(H2,9,10,12). The van der Waals surface area contributed by atoms with Gasteiger partial charge in [-0.3, -0.25) is 0 Å². The van der Waals surface area contributed by atoms with Gasteiger partial charge in [0.05, 0.1) is 5.60 Å². The summed E-state index contributed by atoms with van der Waals surface area (Å²) in [5.41, 5.74) is 2.38. The van der Waals surface area contributed by atoms with Gasteiger partial charge in [-0.1, -0.05) is 0 Å². The summed E-state index contributed by atoms with van der Waals surface area (Å²) in [5, 5.41) is 3.47. The maximum atomic E-state index is 5.38. The van der Waals surface area contributed by atoms with Gasteiger partial charge in [-0.05, 0) is 31.5 Å². The molecule has 0 aromatic carbocycles. The van der Waals surface area contributed by atoms with Crippen LogP contribution in [0.3, 0.4) is 0 Å². The summed E-state index contributed by atoms with van der Waals surface area (Å²) in [7, 11) is 1.74. The molecule has 0 aliphatic heterocycles. The highest BCUT2D eigenvalue weighted by Gasteiger charge is 2.36. The normalized spacial score (nSPS) is 19.5. The first kappa shape index (κ1) is 9.70. The topological polar surface area (TPSA) is 59.3 Å². The van der Waals surface area contributed by atoms with Gasteiger partial charge in [0, 0.05) is 13.7 Å². The van der Waals surface area contributed by atoms with E-state index < -0.39 is 0 Å². The van der Waals surface area contributed by atoms with E-state index in [1.807, 2.05) is 0 Å². The molecule has 4 nitrogen and oxygen atoms in total. The highest BCUT2D eigenvalue weighted by atomic mass is 32.1. The zero-order chi connectivity index (χ0) is 9.03. The molecule has 0 aromatic rings. The molecule has 0 radical (unpaired) electrons. The van der Waals surface area contributed by atoms with Gasteiger partial charge in [-0.2, -0.15) is 0 Å². The Bertz CT molecular complexity index is 165. The van der Waals surface area contributed by atoms with E-state index in [4.69, 9.17) is 22.8 Å². The number of hydrogen-bond acceptors (Lipinski definition) is 3. The molecule has 0 aromatic heterocycles. The second-order valence-electron chi connectivity index (χ2n) is 3.07. The Labute approximate surface area is 77.8 Å². The minimum Gasteiger partial charge on any atom is -0.376 e. The van der Waals surface area contributed by atoms with Crippen molar-refractivity contribution in [3.05, 3.63) is 0 Å². The maximum Gasteiger partial charge on any atom is 0.180 e. The van der Waals surface area contributed by atoms with Crippen LogP contribution < -0.4 is 16.6 Å². The third-order valence-corrected chi connectivity index (χ3v) is 2.66. The Morgan fingerprint density at radius 3 is 2.67 bits per heavy atom. The van der Waals surface area contributed by atoms with E-state index in [1.54, 1.807) is 7.11 Å². The highest BCUT2D eigenvalue weighted by Crippen LogP contribution is 2.34. The Balaban J connectivity index is 2.24. The first-order chi connectivity index (χ1) is 5.72. The number of thiocarbonyl (C=S) groups is 1. The summed E-state index contributed by atoms with van der Waals surface area (Å²) in [6.45, 7) is 0.743. The lowest BCUT2D eigenvalue weighted by Crippen LogP contribution is -2.52. The van der Waals surface area contributed by atoms with Crippen molar-refractivity contribution in [3.63, 3.8) is 0 Å². The predicted molar refractivity (Wildman–Crippen MR) is 51.5 cm³/mol. The summed E-state index contributed by atoms with van der Waals surface area (Å²) in [5.74, 6) is 5.11. The number of hydrogen-bond donors (Lipinski definition) is 3. The van der Waals surface area contributed by atoms with Crippen LogP contribution in [-0.2, 0) is 4.74 Å². The van der Waals surface area contributed by atoms with Crippen LogP contribution in [0.5, 0.6) is 0 Å². The van der Waals surface area contributed by atoms with E-state index in [9.17, 15) is 0 Å². The van der Waals surface area contributed by atoms with Crippen molar-refractivity contribution in [2.24, 2.45) is 5.84 Å². The van der Waals surface area contributed by atoms with E-state index in [1.165, 1.54) is 6.42 Å². The first-order valence-electron chi connectivity index (χ1n) is 4.02. The molecule has 0 bridgehead atoms. The van der Waals surface area contributed by atoms with E-state index in [2.05, 4.69) is 10.7 Å². The van der Waals surface area contributed by atoms with Gasteiger partial charge < -0.3 is 15.5 Å². The Morgan fingerprint density at radius 1 is 1.67 bits per heavy atom. The minimum atomic E-state index is 0.000903. The third-order valence-electron chi connectivity index (χ3n) is 2.40. The van der Waals surface area contributed by atoms with Gasteiger partial charge in [0.25, 0.3) is 0 Å². The summed E-state index contributed by atoms with van der Waals surface area (Å²) < 4.78 is 5.38. The molecule has 0 unspecified atom stereocenters. The molecule has 1 aliphatic carbocycles. The van der Waals surface area contributed by atoms with Crippen LogP contribution in [0.4, 0.5) is 0 Å². The fourth-order valence-corrected chi connectivity index (χ4v) is 1.39. The largest absolute Gasteiger partial charge is 0.376 e. The van der Waals surface area contributed by atoms with Crippen molar-refractivity contribution in [1.82, 2.24) is 10.7 Å². The van der Waals surface area contributed by atoms with Crippen LogP contribution >= 0.6 is 12.2 Å². The molecule has 0 atom stereocenters. The first-order valence-corrected chi connectivity index (χ1v) is 4.43. The number of nitrogens with one attached hydrogen (secondary N) is 2. The molecule has 1 aliphatic rings. The smallest absolute Gasteiger partial charge is 0.180 e. The number of methoxy groups -OCH3 is 1. The average molecular weight is 189 g/mol. The fraction of sp³-hybridized carbons (Fsp3) is 0.857. The number of ether oxygens (including phenoxy) is 1. The Kier molecular flexibility index (Phi) is 3.25. The van der Waals surface area contributed by atoms with Crippen molar-refractivity contribution in [2.45, 2.75) is 24.9 Å². The molecule has 0 heterocycles. The zero-order valence-corrected chi connectivity index (χ0v) is 8.04. The van der Waals surface area contributed by atoms with Crippen molar-refractivity contribution < 1.29 is 4.74 Å². The lowest BCUT2D eigenvalue weighted by molar-refractivity contribution is -0.0665. The monoisotopic (exact) mass is 189 g/mol. The Morgan fingerprint density at radius 2 is 2.33 bits per heavy atom. The molecule has 0 amide bonds. The lowest BCUT2D eigenvalue weighted by atomic mass is 9.80. The van der Waals surface area contributed by atoms with Crippen molar-refractivity contribution in [1.29, 1.82) is 0 Å². The van der Waals surface area contributed by atoms with Crippen LogP contribution in [0, 0.1) is 0 Å². The van der Waals surface area contributed by atoms with Crippen molar-refractivity contribution >= 4 is 17.3 Å². The lowest BCUT2D eigenvalue weighted by Gasteiger charge is -2.40. The average Bonchev–Trinajstić information content (AvgIpc) is 2.03. The van der Waals surface area contributed by atoms with Crippen molar-refractivity contribution in [2.75, 3.05) is 13.7 Å². The van der Waals surface area contributed by atoms with Gasteiger partial charge in [0.2, 0.25) is 0 Å². The van der Waals surface area contributed by atoms with Crippen molar-refractivity contribution in [3.8, 4) is 0 Å². The predicted octanol–water partition coefficient (Wildman–Crippen LogP) is -0.107. The van der Waals surface area contributed by atoms with E-state index in [0.717, 1.165) is 19.4 Å². The van der Waals surface area contributed by atoms with Crippen LogP contribution in [0.15, 0.2) is 0 Å². The van der Waals surface area contributed by atoms with Crippen LogP contribution in [0.25, 0.3) is 0 Å². The molecule has 0 spiro atoms. The fourth-order valence-electron chi connectivity index (χ4n) is 1.32. The van der Waals surface area contributed by atoms with Gasteiger partial charge in [0.1, 0.15) is 0 Å². The molecule has 5 heteroatoms. The number of nitrogens with two attached hydrogens (primary N) is 1. The molecule has 4 N–H and O–H groups in total. The van der Waals surface area contributed by atoms with Gasteiger partial charge in [-0.15, -0.1) is 0 Å². The summed E-state index contributed by atoms with van der Waals surface area (Å²) in [4.78, 5) is 0. The highest BCUT2D eigenvalue weighted by molar-refractivity contribution is 7.80. The maximum absolute atomic E-state index is 5.38. The molecular weight excluding hydrogens is 174 g/mol. The van der Waals surface area contributed by atoms with Gasteiger partial charge in [0.15, 0.2) is 5.11 Å². The molecule has 12 heavy (non-hydrogen) atoms. The van der Waals surface area contributed by atoms with Crippen LogP contribution in [0.2, 0.25) is 0 Å². The molecular formula is C7H15N3OS. The molecule has 1 fully saturated rings. The zero-order valence-electron chi connectivity index (χ0n) is 7.22. The van der Waals surface area contributed by atoms with E-state index in [0.29, 0.717) is 5.11 Å². The van der Waals surface area contributed by atoms with E-state index >= 15 is 0 Å². The second-order valence-corrected chi connectivity index (χ2v) is 3.48. The van der Waals surface area contributed by atoms with Crippen LogP contribution in [0.1, 0.15) is 19.3 Å². The SMILES string of the molecule is COC1(CNC(=S)NN)CCC1. The molecule has 1 saturated carbocycles. The summed E-state index contributed by atoms with van der Waals surface area (Å²) >= 11 is 4.84. The number of rotatable bonds is 3. The van der Waals surface area contributed by atoms with Gasteiger partial charge in [-0.25, -0.2) is 5.84 Å². The quantitative estimate of drug-likeness (QED) is 0.329. The van der Waals surface area contributed by atoms with E-state index in [-0.39, 0.29) is 5.60 Å². The molecule has 70 valence electrons. The minimum absolute atomic E-state index is 0.000903. The molecule has 1 rings (SSSR count). The van der Waals surface area contributed by atoms with Crippen LogP contribution in [-0.4, -0.2) is 24.4 Å². The summed E-state index contributed by atoms with van der Waals surface area (Å²) in [6, 6.07) is 0. The summed E-state index contributed by atoms with van der Waals surface area (Å²) in [6.07, 6.45) is 3.44. The third kappa shape index (κ3) is 2.06.